The third kappa shape index (κ3) is 13.5. The molecule has 4 aliphatic heterocycles. The van der Waals surface area contributed by atoms with Gasteiger partial charge in [-0.1, -0.05) is 25.7 Å². The summed E-state index contributed by atoms with van der Waals surface area (Å²) in [7, 11) is 11.0. The van der Waals surface area contributed by atoms with Crippen molar-refractivity contribution in [1.82, 2.24) is 50.3 Å². The molecule has 1 aromatic carbocycles. The first kappa shape index (κ1) is 56.5. The lowest BCUT2D eigenvalue weighted by Crippen LogP contribution is -2.48. The minimum atomic E-state index is -0.564. The van der Waals surface area contributed by atoms with Crippen LogP contribution in [0.3, 0.4) is 0 Å². The third-order valence-corrected chi connectivity index (χ3v) is 16.4. The molecule has 5 amide bonds. The second-order valence-corrected chi connectivity index (χ2v) is 23.0. The summed E-state index contributed by atoms with van der Waals surface area (Å²) in [5.74, 6) is 3.35. The molecule has 2 saturated carbocycles. The summed E-state index contributed by atoms with van der Waals surface area (Å²) < 4.78 is 5.65. The Kier molecular flexibility index (Phi) is 17.8. The highest BCUT2D eigenvalue weighted by Gasteiger charge is 2.42. The third-order valence-electron chi connectivity index (χ3n) is 16.4. The number of rotatable bonds is 13. The molecule has 0 spiro atoms. The molecular weight excluding hydrogens is 1000 g/mol. The first-order valence-electron chi connectivity index (χ1n) is 28.2. The first-order chi connectivity index (χ1) is 37.9. The average Bonchev–Trinajstić information content (AvgIpc) is 4.39. The SMILES string of the molecule is CN1CCC(NC(=O)c2ccc(Nc3ncc4c(n3)N(C3CCCC3)CCC(=O)N4C)nc2)CC1.COc1cc(C(=O)NC2CCN(C(=O)CN(C)C)CC2)ccc1Nc1ncc2c(n1)N(C1CCCC1)CC(C)(C)C(=O)N2C. The molecule has 0 bridgehead atoms. The number of fused-ring (bicyclic) bond motifs is 2. The maximum atomic E-state index is 13.3. The van der Waals surface area contributed by atoms with Gasteiger partial charge in [0.15, 0.2) is 11.6 Å². The van der Waals surface area contributed by atoms with Crippen LogP contribution in [-0.2, 0) is 14.4 Å². The number of aromatic nitrogens is 5. The Hall–Kier alpha value is -7.20. The molecule has 79 heavy (non-hydrogen) atoms. The Labute approximate surface area is 464 Å². The van der Waals surface area contributed by atoms with Crippen LogP contribution >= 0.6 is 0 Å². The van der Waals surface area contributed by atoms with Gasteiger partial charge in [0.05, 0.1) is 42.7 Å². The molecule has 4 fully saturated rings. The lowest BCUT2D eigenvalue weighted by molar-refractivity contribution is -0.133. The van der Waals surface area contributed by atoms with E-state index in [9.17, 15) is 24.0 Å². The highest BCUT2D eigenvalue weighted by molar-refractivity contribution is 6.01. The molecule has 3 aromatic heterocycles. The summed E-state index contributed by atoms with van der Waals surface area (Å²) in [6.07, 6.45) is 18.0. The average molecular weight is 1090 g/mol. The summed E-state index contributed by atoms with van der Waals surface area (Å²) in [6, 6.07) is 9.71. The number of ether oxygens (including phenoxy) is 1. The van der Waals surface area contributed by atoms with E-state index < -0.39 is 5.41 Å². The number of pyridine rings is 1. The molecule has 424 valence electrons. The van der Waals surface area contributed by atoms with E-state index in [0.29, 0.717) is 110 Å². The van der Waals surface area contributed by atoms with E-state index in [2.05, 4.69) is 58.0 Å². The molecule has 4 N–H and O–H groups in total. The maximum Gasteiger partial charge on any atom is 0.253 e. The predicted molar refractivity (Wildman–Crippen MR) is 306 cm³/mol. The van der Waals surface area contributed by atoms with E-state index in [0.717, 1.165) is 68.9 Å². The van der Waals surface area contributed by atoms with Crippen LogP contribution < -0.4 is 45.6 Å². The second-order valence-electron chi connectivity index (χ2n) is 23.0. The summed E-state index contributed by atoms with van der Waals surface area (Å²) >= 11 is 0. The number of piperidine rings is 2. The predicted octanol–water partition coefficient (Wildman–Crippen LogP) is 5.82. The quantitative estimate of drug-likeness (QED) is 0.124. The van der Waals surface area contributed by atoms with E-state index in [4.69, 9.17) is 14.7 Å². The minimum Gasteiger partial charge on any atom is -0.495 e. The summed E-state index contributed by atoms with van der Waals surface area (Å²) in [5.41, 5.74) is 2.51. The normalized spacial score (nSPS) is 19.5. The van der Waals surface area contributed by atoms with Gasteiger partial charge in [0.2, 0.25) is 29.6 Å². The van der Waals surface area contributed by atoms with Crippen molar-refractivity contribution in [1.29, 1.82) is 0 Å². The van der Waals surface area contributed by atoms with Gasteiger partial charge in [0, 0.05) is 82.6 Å². The van der Waals surface area contributed by atoms with Gasteiger partial charge in [-0.2, -0.15) is 9.97 Å². The topological polar surface area (TPSA) is 230 Å². The number of carbonyl (C=O) groups is 5. The highest BCUT2D eigenvalue weighted by atomic mass is 16.5. The highest BCUT2D eigenvalue weighted by Crippen LogP contribution is 2.41. The molecule has 0 radical (unpaired) electrons. The van der Waals surface area contributed by atoms with Crippen LogP contribution in [0.4, 0.5) is 46.4 Å². The number of nitrogens with zero attached hydrogens (tertiary/aromatic N) is 12. The first-order valence-corrected chi connectivity index (χ1v) is 28.2. The Morgan fingerprint density at radius 2 is 1.23 bits per heavy atom. The fraction of sp³-hybridized carbons (Fsp3) is 0.579. The zero-order valence-electron chi connectivity index (χ0n) is 47.4. The fourth-order valence-corrected chi connectivity index (χ4v) is 11.7. The largest absolute Gasteiger partial charge is 0.495 e. The Bertz CT molecular complexity index is 2820. The van der Waals surface area contributed by atoms with Crippen LogP contribution in [0.1, 0.15) is 118 Å². The molecule has 2 aliphatic carbocycles. The molecule has 4 aromatic rings. The van der Waals surface area contributed by atoms with Crippen molar-refractivity contribution in [2.75, 3.05) is 118 Å². The monoisotopic (exact) mass is 1080 g/mol. The van der Waals surface area contributed by atoms with Gasteiger partial charge in [0.1, 0.15) is 22.9 Å². The zero-order valence-corrected chi connectivity index (χ0v) is 47.4. The molecule has 22 nitrogen and oxygen atoms in total. The van der Waals surface area contributed by atoms with Gasteiger partial charge < -0.3 is 60.3 Å². The number of hydrogen-bond acceptors (Lipinski definition) is 17. The number of carbonyl (C=O) groups excluding carboxylic acids is 5. The van der Waals surface area contributed by atoms with E-state index in [1.807, 2.05) is 37.7 Å². The Balaban J connectivity index is 0.000000196. The van der Waals surface area contributed by atoms with E-state index in [1.165, 1.54) is 25.7 Å². The van der Waals surface area contributed by atoms with Crippen LogP contribution in [0.25, 0.3) is 0 Å². The molecule has 10 rings (SSSR count). The van der Waals surface area contributed by atoms with Crippen LogP contribution in [-0.4, -0.2) is 181 Å². The van der Waals surface area contributed by atoms with Gasteiger partial charge in [-0.05, 0) is 130 Å². The van der Waals surface area contributed by atoms with Crippen molar-refractivity contribution in [3.63, 3.8) is 0 Å². The van der Waals surface area contributed by atoms with Crippen LogP contribution in [0, 0.1) is 5.41 Å². The Morgan fingerprint density at radius 1 is 0.671 bits per heavy atom. The van der Waals surface area contributed by atoms with E-state index in [-0.39, 0.29) is 41.6 Å². The van der Waals surface area contributed by atoms with Crippen molar-refractivity contribution >= 4 is 75.9 Å². The zero-order chi connectivity index (χ0) is 56.0. The van der Waals surface area contributed by atoms with Gasteiger partial charge >= 0.3 is 0 Å². The van der Waals surface area contributed by atoms with E-state index in [1.54, 1.807) is 79.9 Å². The van der Waals surface area contributed by atoms with Crippen molar-refractivity contribution in [2.24, 2.45) is 5.41 Å². The number of likely N-dealkylation sites (tertiary alicyclic amines) is 2. The summed E-state index contributed by atoms with van der Waals surface area (Å²) in [6.45, 7) is 8.87. The fourth-order valence-electron chi connectivity index (χ4n) is 11.7. The van der Waals surface area contributed by atoms with Crippen molar-refractivity contribution in [3.8, 4) is 5.75 Å². The molecule has 0 unspecified atom stereocenters. The number of anilines is 8. The van der Waals surface area contributed by atoms with Gasteiger partial charge in [0.25, 0.3) is 11.8 Å². The number of likely N-dealkylation sites (N-methyl/N-ethyl adjacent to an activating group) is 1. The number of hydrogen-bond donors (Lipinski definition) is 4. The van der Waals surface area contributed by atoms with Crippen LogP contribution in [0.15, 0.2) is 48.9 Å². The molecule has 22 heteroatoms. The van der Waals surface area contributed by atoms with Gasteiger partial charge in [-0.25, -0.2) is 15.0 Å². The summed E-state index contributed by atoms with van der Waals surface area (Å²) in [4.78, 5) is 101. The number of benzene rings is 1. The van der Waals surface area contributed by atoms with Crippen molar-refractivity contribution in [3.05, 3.63) is 60.0 Å². The lowest BCUT2D eigenvalue weighted by atomic mass is 9.91. The van der Waals surface area contributed by atoms with Crippen molar-refractivity contribution in [2.45, 2.75) is 121 Å². The number of methoxy groups -OCH3 is 1. The Morgan fingerprint density at radius 3 is 1.82 bits per heavy atom. The van der Waals surface area contributed by atoms with Crippen LogP contribution in [0.5, 0.6) is 5.75 Å². The van der Waals surface area contributed by atoms with Gasteiger partial charge in [-0.3, -0.25) is 24.0 Å². The molecule has 7 heterocycles. The van der Waals surface area contributed by atoms with Crippen molar-refractivity contribution < 1.29 is 28.7 Å². The van der Waals surface area contributed by atoms with E-state index >= 15 is 0 Å². The smallest absolute Gasteiger partial charge is 0.253 e. The molecule has 2 saturated heterocycles. The lowest BCUT2D eigenvalue weighted by Gasteiger charge is -2.34. The minimum absolute atomic E-state index is 0.000448. The maximum absolute atomic E-state index is 13.3. The number of nitrogens with one attached hydrogen (secondary N) is 4. The standard InChI is InChI=1S/C32H46N8O4.C25H34N8O2/c1-32(2)20-40(23-9-7-8-10-23)28-25(38(5)30(32)43)18-33-31(36-28)35-24-12-11-21(17-26(24)44-6)29(42)34-22-13-15-39(16-14-22)27(41)19-37(3)4;1-31-12-9-18(10-13-31)28-24(35)17-7-8-21(26-15-17)29-25-27-16-20-23(30-25)33(19-5-3-4-6-19)14-11-22(34)32(20)2/h11-12,17-18,22-23H,7-10,13-16,19-20H2,1-6H3,(H,34,42)(H,33,35,36);7-8,15-16,18-19H,3-6,9-14H2,1-2H3,(H,28,35)(H,26,27,29,30). The molecule has 6 aliphatic rings. The summed E-state index contributed by atoms with van der Waals surface area (Å²) in [5, 5.41) is 12.7. The molecular formula is C57H80N16O6. The number of amides is 5. The van der Waals surface area contributed by atoms with Gasteiger partial charge in [-0.15, -0.1) is 0 Å². The molecule has 0 atom stereocenters. The van der Waals surface area contributed by atoms with Crippen LogP contribution in [0.2, 0.25) is 0 Å². The second kappa shape index (κ2) is 24.9.